The lowest BCUT2D eigenvalue weighted by molar-refractivity contribution is 0.185. The van der Waals surface area contributed by atoms with E-state index in [1.807, 2.05) is 43.3 Å². The van der Waals surface area contributed by atoms with Gasteiger partial charge in [-0.3, -0.25) is 4.57 Å². The second kappa shape index (κ2) is 7.10. The fraction of sp³-hybridized carbons (Fsp3) is 0.294. The number of phenols is 1. The highest BCUT2D eigenvalue weighted by Crippen LogP contribution is 2.47. The van der Waals surface area contributed by atoms with Crippen molar-refractivity contribution in [2.75, 3.05) is 0 Å². The molecule has 0 radical (unpaired) electrons. The molecule has 0 saturated heterocycles. The summed E-state index contributed by atoms with van der Waals surface area (Å²) in [6.45, 7) is 3.70. The SMILES string of the molecule is CCC(C)OP(=O)(O)Cc1ccc(-c2ccc(O)cc2)cc1. The van der Waals surface area contributed by atoms with Crippen LogP contribution in [0.1, 0.15) is 25.8 Å². The van der Waals surface area contributed by atoms with Crippen LogP contribution in [0.3, 0.4) is 0 Å². The van der Waals surface area contributed by atoms with Crippen molar-refractivity contribution < 1.29 is 19.1 Å². The molecule has 118 valence electrons. The Balaban J connectivity index is 2.09. The first-order chi connectivity index (χ1) is 10.4. The van der Waals surface area contributed by atoms with Crippen LogP contribution < -0.4 is 0 Å². The van der Waals surface area contributed by atoms with E-state index in [9.17, 15) is 14.6 Å². The Morgan fingerprint density at radius 2 is 1.55 bits per heavy atom. The van der Waals surface area contributed by atoms with Crippen molar-refractivity contribution in [1.82, 2.24) is 0 Å². The molecule has 0 bridgehead atoms. The van der Waals surface area contributed by atoms with Gasteiger partial charge in [0, 0.05) is 0 Å². The third-order valence-corrected chi connectivity index (χ3v) is 4.91. The highest BCUT2D eigenvalue weighted by molar-refractivity contribution is 7.51. The smallest absolute Gasteiger partial charge is 0.332 e. The Morgan fingerprint density at radius 3 is 2.05 bits per heavy atom. The average molecular weight is 320 g/mol. The third kappa shape index (κ3) is 4.70. The molecule has 22 heavy (non-hydrogen) atoms. The Hall–Kier alpha value is -1.61. The fourth-order valence-corrected chi connectivity index (χ4v) is 3.54. The minimum atomic E-state index is -3.61. The van der Waals surface area contributed by atoms with E-state index < -0.39 is 7.60 Å². The number of hydrogen-bond acceptors (Lipinski definition) is 3. The van der Waals surface area contributed by atoms with E-state index in [0.717, 1.165) is 16.7 Å². The van der Waals surface area contributed by atoms with Crippen molar-refractivity contribution >= 4 is 7.60 Å². The molecule has 0 aliphatic heterocycles. The van der Waals surface area contributed by atoms with Gasteiger partial charge in [0.05, 0.1) is 12.3 Å². The summed E-state index contributed by atoms with van der Waals surface area (Å²) >= 11 is 0. The van der Waals surface area contributed by atoms with Crippen LogP contribution in [0.4, 0.5) is 0 Å². The molecule has 2 unspecified atom stereocenters. The van der Waals surface area contributed by atoms with Gasteiger partial charge >= 0.3 is 7.60 Å². The standard InChI is InChI=1S/C17H21O4P/c1-3-13(2)21-22(19,20)12-14-4-6-15(7-5-14)16-8-10-17(18)11-9-16/h4-11,13,18H,3,12H2,1-2H3,(H,19,20). The van der Waals surface area contributed by atoms with Crippen molar-refractivity contribution in [2.45, 2.75) is 32.5 Å². The Bertz CT molecular complexity index is 649. The van der Waals surface area contributed by atoms with Crippen LogP contribution in [0.2, 0.25) is 0 Å². The molecular weight excluding hydrogens is 299 g/mol. The predicted octanol–water partition coefficient (Wildman–Crippen LogP) is 4.56. The predicted molar refractivity (Wildman–Crippen MR) is 87.9 cm³/mol. The van der Waals surface area contributed by atoms with Gasteiger partial charge in [-0.15, -0.1) is 0 Å². The van der Waals surface area contributed by atoms with Crippen molar-refractivity contribution in [3.8, 4) is 16.9 Å². The third-order valence-electron chi connectivity index (χ3n) is 3.46. The Labute approximate surface area is 130 Å². The van der Waals surface area contributed by atoms with Gasteiger partial charge in [-0.05, 0) is 42.2 Å². The zero-order valence-electron chi connectivity index (χ0n) is 12.8. The molecule has 0 heterocycles. The normalized spacial score (nSPS) is 15.2. The summed E-state index contributed by atoms with van der Waals surface area (Å²) in [4.78, 5) is 9.89. The van der Waals surface area contributed by atoms with Crippen molar-refractivity contribution in [3.63, 3.8) is 0 Å². The molecule has 2 aromatic carbocycles. The summed E-state index contributed by atoms with van der Waals surface area (Å²) in [7, 11) is -3.61. The average Bonchev–Trinajstić information content (AvgIpc) is 2.48. The van der Waals surface area contributed by atoms with E-state index in [1.54, 1.807) is 19.1 Å². The molecule has 4 nitrogen and oxygen atoms in total. The molecule has 0 spiro atoms. The molecule has 0 aliphatic carbocycles. The number of benzene rings is 2. The zero-order chi connectivity index (χ0) is 16.2. The van der Waals surface area contributed by atoms with Crippen LogP contribution in [-0.4, -0.2) is 16.1 Å². The highest BCUT2D eigenvalue weighted by Gasteiger charge is 2.22. The van der Waals surface area contributed by atoms with Crippen LogP contribution in [-0.2, 0) is 15.3 Å². The Morgan fingerprint density at radius 1 is 1.05 bits per heavy atom. The number of hydrogen-bond donors (Lipinski definition) is 2. The largest absolute Gasteiger partial charge is 0.508 e. The minimum absolute atomic E-state index is 0.00714. The lowest BCUT2D eigenvalue weighted by Gasteiger charge is -2.16. The van der Waals surface area contributed by atoms with Crippen LogP contribution >= 0.6 is 7.60 Å². The molecule has 2 atom stereocenters. The quantitative estimate of drug-likeness (QED) is 0.766. The van der Waals surface area contributed by atoms with E-state index in [4.69, 9.17) is 4.52 Å². The summed E-state index contributed by atoms with van der Waals surface area (Å²) in [6, 6.07) is 14.4. The van der Waals surface area contributed by atoms with E-state index in [1.165, 1.54) is 0 Å². The zero-order valence-corrected chi connectivity index (χ0v) is 13.7. The first kappa shape index (κ1) is 16.8. The second-order valence-corrected chi connectivity index (χ2v) is 7.17. The van der Waals surface area contributed by atoms with Crippen LogP contribution in [0.15, 0.2) is 48.5 Å². The summed E-state index contributed by atoms with van der Waals surface area (Å²) in [5.74, 6) is 0.226. The number of rotatable bonds is 6. The monoisotopic (exact) mass is 320 g/mol. The van der Waals surface area contributed by atoms with Gasteiger partial charge < -0.3 is 14.5 Å². The van der Waals surface area contributed by atoms with Crippen LogP contribution in [0.5, 0.6) is 5.75 Å². The maximum atomic E-state index is 12.1. The summed E-state index contributed by atoms with van der Waals surface area (Å²) in [5.41, 5.74) is 2.73. The lowest BCUT2D eigenvalue weighted by Crippen LogP contribution is -2.05. The van der Waals surface area contributed by atoms with Gasteiger partial charge in [-0.2, -0.15) is 0 Å². The fourth-order valence-electron chi connectivity index (χ4n) is 2.08. The van der Waals surface area contributed by atoms with E-state index in [0.29, 0.717) is 6.42 Å². The number of aromatic hydroxyl groups is 1. The van der Waals surface area contributed by atoms with Crippen molar-refractivity contribution in [2.24, 2.45) is 0 Å². The highest BCUT2D eigenvalue weighted by atomic mass is 31.2. The topological polar surface area (TPSA) is 66.8 Å². The Kier molecular flexibility index (Phi) is 5.41. The first-order valence-electron chi connectivity index (χ1n) is 7.28. The second-order valence-electron chi connectivity index (χ2n) is 5.36. The van der Waals surface area contributed by atoms with Crippen molar-refractivity contribution in [3.05, 3.63) is 54.1 Å². The molecule has 0 amide bonds. The minimum Gasteiger partial charge on any atom is -0.508 e. The van der Waals surface area contributed by atoms with Gasteiger partial charge in [0.2, 0.25) is 0 Å². The molecule has 0 aliphatic rings. The maximum Gasteiger partial charge on any atom is 0.332 e. The lowest BCUT2D eigenvalue weighted by atomic mass is 10.0. The molecule has 2 N–H and O–H groups in total. The van der Waals surface area contributed by atoms with Gasteiger partial charge in [0.1, 0.15) is 5.75 Å². The van der Waals surface area contributed by atoms with Gasteiger partial charge in [-0.1, -0.05) is 43.3 Å². The van der Waals surface area contributed by atoms with E-state index in [2.05, 4.69) is 0 Å². The van der Waals surface area contributed by atoms with Crippen LogP contribution in [0.25, 0.3) is 11.1 Å². The summed E-state index contributed by atoms with van der Waals surface area (Å²) < 4.78 is 17.3. The molecule has 0 fully saturated rings. The maximum absolute atomic E-state index is 12.1. The molecule has 2 rings (SSSR count). The van der Waals surface area contributed by atoms with E-state index in [-0.39, 0.29) is 18.0 Å². The van der Waals surface area contributed by atoms with Gasteiger partial charge in [0.25, 0.3) is 0 Å². The van der Waals surface area contributed by atoms with Gasteiger partial charge in [-0.25, -0.2) is 0 Å². The molecular formula is C17H21O4P. The molecule has 2 aromatic rings. The van der Waals surface area contributed by atoms with Crippen molar-refractivity contribution in [1.29, 1.82) is 0 Å². The summed E-state index contributed by atoms with van der Waals surface area (Å²) in [5, 5.41) is 9.29. The molecule has 0 saturated carbocycles. The van der Waals surface area contributed by atoms with E-state index >= 15 is 0 Å². The number of phenolic OH excluding ortho intramolecular Hbond substituents is 1. The van der Waals surface area contributed by atoms with Gasteiger partial charge in [0.15, 0.2) is 0 Å². The molecule has 5 heteroatoms. The summed E-state index contributed by atoms with van der Waals surface area (Å²) in [6.07, 6.45) is 0.476. The molecule has 0 aromatic heterocycles. The van der Waals surface area contributed by atoms with Crippen LogP contribution in [0, 0.1) is 0 Å². The first-order valence-corrected chi connectivity index (χ1v) is 9.04.